The molecule has 0 heterocycles. The summed E-state index contributed by atoms with van der Waals surface area (Å²) in [5, 5.41) is 2.76. The molecule has 0 bridgehead atoms. The van der Waals surface area contributed by atoms with Crippen LogP contribution in [0.5, 0.6) is 11.5 Å². The van der Waals surface area contributed by atoms with Gasteiger partial charge in [-0.2, -0.15) is 0 Å². The van der Waals surface area contributed by atoms with Crippen molar-refractivity contribution in [3.8, 4) is 11.5 Å². The third-order valence-corrected chi connectivity index (χ3v) is 6.23. The second-order valence-electron chi connectivity index (χ2n) is 12.7. The number of amides is 1. The Labute approximate surface area is 226 Å². The Morgan fingerprint density at radius 1 is 0.895 bits per heavy atom. The second kappa shape index (κ2) is 12.7. The van der Waals surface area contributed by atoms with Gasteiger partial charge in [0.1, 0.15) is 6.04 Å². The summed E-state index contributed by atoms with van der Waals surface area (Å²) < 4.78 is 16.1. The quantitative estimate of drug-likeness (QED) is 0.356. The van der Waals surface area contributed by atoms with Crippen LogP contribution >= 0.6 is 0 Å². The lowest BCUT2D eigenvalue weighted by Gasteiger charge is -2.33. The van der Waals surface area contributed by atoms with Gasteiger partial charge in [-0.25, -0.2) is 4.79 Å². The fourth-order valence-electron chi connectivity index (χ4n) is 4.31. The standard InChI is InChI=1S/C29H44N2O7/c1-27(2,3)17-23(32)37-21-12-11-19(16-22(21)38-24(33)18-28(4,5)6)15-20(25(34)36-7)31-26(35)29(30)13-9-8-10-14-29/h11-12,16,20H,8-10,13-15,17-18,30H2,1-7H3,(H,31,35). The van der Waals surface area contributed by atoms with Gasteiger partial charge in [-0.15, -0.1) is 0 Å². The van der Waals surface area contributed by atoms with E-state index in [-0.39, 0.29) is 41.6 Å². The van der Waals surface area contributed by atoms with E-state index in [9.17, 15) is 19.2 Å². The number of esters is 3. The first-order chi connectivity index (χ1) is 17.5. The summed E-state index contributed by atoms with van der Waals surface area (Å²) in [4.78, 5) is 50.7. The molecule has 1 aromatic carbocycles. The molecule has 2 rings (SSSR count). The molecule has 38 heavy (non-hydrogen) atoms. The Morgan fingerprint density at radius 2 is 1.42 bits per heavy atom. The molecule has 0 aromatic heterocycles. The minimum absolute atomic E-state index is 0.0640. The molecule has 1 aromatic rings. The molecule has 1 saturated carbocycles. The first-order valence-electron chi connectivity index (χ1n) is 13.2. The molecule has 1 amide bonds. The van der Waals surface area contributed by atoms with E-state index in [1.165, 1.54) is 13.2 Å². The molecule has 1 aliphatic carbocycles. The molecule has 0 radical (unpaired) electrons. The zero-order valence-electron chi connectivity index (χ0n) is 23.9. The lowest BCUT2D eigenvalue weighted by atomic mass is 9.81. The highest BCUT2D eigenvalue weighted by Crippen LogP contribution is 2.32. The number of ether oxygens (including phenoxy) is 3. The van der Waals surface area contributed by atoms with Crippen LogP contribution in [0.4, 0.5) is 0 Å². The zero-order chi connectivity index (χ0) is 28.7. The number of nitrogens with two attached hydrogens (primary N) is 1. The highest BCUT2D eigenvalue weighted by molar-refractivity contribution is 5.90. The van der Waals surface area contributed by atoms with Gasteiger partial charge in [-0.05, 0) is 41.4 Å². The first kappa shape index (κ1) is 31.3. The predicted molar refractivity (Wildman–Crippen MR) is 144 cm³/mol. The van der Waals surface area contributed by atoms with Crippen LogP contribution in [0.3, 0.4) is 0 Å². The minimum Gasteiger partial charge on any atom is -0.467 e. The fraction of sp³-hybridized carbons (Fsp3) is 0.655. The lowest BCUT2D eigenvalue weighted by molar-refractivity contribution is -0.146. The van der Waals surface area contributed by atoms with Crippen LogP contribution in [0.2, 0.25) is 0 Å². The molecule has 1 fully saturated rings. The van der Waals surface area contributed by atoms with E-state index in [1.807, 2.05) is 41.5 Å². The average Bonchev–Trinajstić information content (AvgIpc) is 2.77. The molecule has 9 nitrogen and oxygen atoms in total. The molecular weight excluding hydrogens is 488 g/mol. The Kier molecular flexibility index (Phi) is 10.5. The topological polar surface area (TPSA) is 134 Å². The van der Waals surface area contributed by atoms with E-state index in [2.05, 4.69) is 5.32 Å². The van der Waals surface area contributed by atoms with Gasteiger partial charge in [-0.3, -0.25) is 14.4 Å². The van der Waals surface area contributed by atoms with Gasteiger partial charge in [0, 0.05) is 6.42 Å². The largest absolute Gasteiger partial charge is 0.467 e. The van der Waals surface area contributed by atoms with Gasteiger partial charge in [0.05, 0.1) is 25.5 Å². The van der Waals surface area contributed by atoms with Gasteiger partial charge in [0.25, 0.3) is 0 Å². The van der Waals surface area contributed by atoms with Crippen molar-refractivity contribution in [2.24, 2.45) is 16.6 Å². The summed E-state index contributed by atoms with van der Waals surface area (Å²) >= 11 is 0. The molecule has 1 aliphatic rings. The number of hydrogen-bond donors (Lipinski definition) is 2. The smallest absolute Gasteiger partial charge is 0.328 e. The molecule has 1 atom stereocenters. The maximum Gasteiger partial charge on any atom is 0.328 e. The van der Waals surface area contributed by atoms with Gasteiger partial charge >= 0.3 is 17.9 Å². The number of carbonyl (C=O) groups is 4. The second-order valence-corrected chi connectivity index (χ2v) is 12.7. The van der Waals surface area contributed by atoms with E-state index in [0.29, 0.717) is 18.4 Å². The van der Waals surface area contributed by atoms with Crippen LogP contribution in [0.15, 0.2) is 18.2 Å². The monoisotopic (exact) mass is 532 g/mol. The van der Waals surface area contributed by atoms with E-state index in [1.54, 1.807) is 12.1 Å². The maximum absolute atomic E-state index is 13.0. The van der Waals surface area contributed by atoms with Gasteiger partial charge < -0.3 is 25.3 Å². The number of benzene rings is 1. The lowest BCUT2D eigenvalue weighted by Crippen LogP contribution is -2.58. The molecule has 0 spiro atoms. The number of carbonyl (C=O) groups excluding carboxylic acids is 4. The van der Waals surface area contributed by atoms with Crippen LogP contribution in [0.25, 0.3) is 0 Å². The van der Waals surface area contributed by atoms with Crippen molar-refractivity contribution in [1.82, 2.24) is 5.32 Å². The van der Waals surface area contributed by atoms with E-state index in [0.717, 1.165) is 19.3 Å². The first-order valence-corrected chi connectivity index (χ1v) is 13.2. The van der Waals surface area contributed by atoms with E-state index >= 15 is 0 Å². The van der Waals surface area contributed by atoms with Crippen LogP contribution in [-0.4, -0.2) is 42.5 Å². The molecule has 0 aliphatic heterocycles. The molecule has 9 heteroatoms. The van der Waals surface area contributed by atoms with Crippen LogP contribution in [0, 0.1) is 10.8 Å². The number of nitrogens with one attached hydrogen (secondary N) is 1. The van der Waals surface area contributed by atoms with Gasteiger partial charge in [0.15, 0.2) is 11.5 Å². The van der Waals surface area contributed by atoms with E-state index in [4.69, 9.17) is 19.9 Å². The highest BCUT2D eigenvalue weighted by Gasteiger charge is 2.37. The Balaban J connectivity index is 2.31. The Hall–Kier alpha value is -2.94. The summed E-state index contributed by atoms with van der Waals surface area (Å²) in [5.41, 5.74) is 5.31. The molecule has 0 saturated heterocycles. The summed E-state index contributed by atoms with van der Waals surface area (Å²) in [6.45, 7) is 11.5. The normalized spacial score (nSPS) is 16.2. The van der Waals surface area contributed by atoms with E-state index < -0.39 is 35.4 Å². The Morgan fingerprint density at radius 3 is 1.92 bits per heavy atom. The molecule has 1 unspecified atom stereocenters. The summed E-state index contributed by atoms with van der Waals surface area (Å²) in [6, 6.07) is 3.72. The van der Waals surface area contributed by atoms with Gasteiger partial charge in [0.2, 0.25) is 5.91 Å². The number of methoxy groups -OCH3 is 1. The van der Waals surface area contributed by atoms with Crippen molar-refractivity contribution >= 4 is 23.8 Å². The number of hydrogen-bond acceptors (Lipinski definition) is 8. The molecular formula is C29H44N2O7. The van der Waals surface area contributed by atoms with Crippen molar-refractivity contribution in [2.75, 3.05) is 7.11 Å². The minimum atomic E-state index is -1.02. The van der Waals surface area contributed by atoms with Crippen LogP contribution in [-0.2, 0) is 30.3 Å². The third kappa shape index (κ3) is 10.1. The zero-order valence-corrected chi connectivity index (χ0v) is 23.9. The van der Waals surface area contributed by atoms with Crippen molar-refractivity contribution in [3.05, 3.63) is 23.8 Å². The third-order valence-electron chi connectivity index (χ3n) is 6.23. The number of rotatable bonds is 9. The van der Waals surface area contributed by atoms with Crippen molar-refractivity contribution in [2.45, 2.75) is 104 Å². The van der Waals surface area contributed by atoms with Crippen molar-refractivity contribution in [3.63, 3.8) is 0 Å². The van der Waals surface area contributed by atoms with Gasteiger partial charge in [-0.1, -0.05) is 66.9 Å². The summed E-state index contributed by atoms with van der Waals surface area (Å²) in [6.07, 6.45) is 4.21. The van der Waals surface area contributed by atoms with Crippen molar-refractivity contribution in [1.29, 1.82) is 0 Å². The van der Waals surface area contributed by atoms with Crippen LogP contribution in [0.1, 0.15) is 92.1 Å². The SMILES string of the molecule is COC(=O)C(Cc1ccc(OC(=O)CC(C)(C)C)c(OC(=O)CC(C)(C)C)c1)NC(=O)C1(N)CCCCC1. The molecule has 212 valence electrons. The average molecular weight is 533 g/mol. The summed E-state index contributed by atoms with van der Waals surface area (Å²) in [7, 11) is 1.25. The predicted octanol–water partition coefficient (Wildman–Crippen LogP) is 4.23. The van der Waals surface area contributed by atoms with Crippen molar-refractivity contribution < 1.29 is 33.4 Å². The highest BCUT2D eigenvalue weighted by atomic mass is 16.6. The molecule has 3 N–H and O–H groups in total. The fourth-order valence-corrected chi connectivity index (χ4v) is 4.31. The summed E-state index contributed by atoms with van der Waals surface area (Å²) in [5.74, 6) is -1.79. The maximum atomic E-state index is 13.0. The van der Waals surface area contributed by atoms with Crippen LogP contribution < -0.4 is 20.5 Å². The Bertz CT molecular complexity index is 1010.